The highest BCUT2D eigenvalue weighted by molar-refractivity contribution is 5.92. The lowest BCUT2D eigenvalue weighted by Gasteiger charge is -1.99. The molecule has 0 radical (unpaired) electrons. The monoisotopic (exact) mass is 288 g/mol. The summed E-state index contributed by atoms with van der Waals surface area (Å²) < 4.78 is 9.19. The van der Waals surface area contributed by atoms with Crippen LogP contribution in [0.1, 0.15) is 17.3 Å². The van der Waals surface area contributed by atoms with E-state index >= 15 is 0 Å². The van der Waals surface area contributed by atoms with Gasteiger partial charge in [0, 0.05) is 6.92 Å². The van der Waals surface area contributed by atoms with Gasteiger partial charge in [0.1, 0.15) is 17.1 Å². The molecule has 2 aromatic carbocycles. The minimum Gasteiger partial charge on any atom is -0.507 e. The maximum Gasteiger partial charge on any atom is 0.341 e. The standard InChI is InChI=1S/C8H8O3.C8H8O2/c1-11-8(10)6-4-2-3-5-7(6)9;1-7(9)10-8-5-3-2-4-6-8/h2-5,9H,1H3;2-6H,1H3. The normalized spacial score (nSPS) is 9.05. The Morgan fingerprint density at radius 3 is 2.05 bits per heavy atom. The zero-order chi connectivity index (χ0) is 15.7. The number of hydrogen-bond donors (Lipinski definition) is 1. The summed E-state index contributed by atoms with van der Waals surface area (Å²) in [6.07, 6.45) is 0. The third-order valence-corrected chi connectivity index (χ3v) is 2.31. The third kappa shape index (κ3) is 5.78. The highest BCUT2D eigenvalue weighted by atomic mass is 16.5. The molecule has 0 bridgehead atoms. The van der Waals surface area contributed by atoms with Crippen LogP contribution in [-0.4, -0.2) is 24.2 Å². The number of hydrogen-bond acceptors (Lipinski definition) is 5. The number of carbonyl (C=O) groups is 2. The molecular formula is C16H16O5. The largest absolute Gasteiger partial charge is 0.507 e. The first kappa shape index (κ1) is 16.2. The second-order valence-electron chi connectivity index (χ2n) is 3.92. The Kier molecular flexibility index (Phi) is 6.47. The van der Waals surface area contributed by atoms with Crippen LogP contribution in [0.2, 0.25) is 0 Å². The summed E-state index contributed by atoms with van der Waals surface area (Å²) in [5, 5.41) is 9.11. The Morgan fingerprint density at radius 2 is 1.52 bits per heavy atom. The van der Waals surface area contributed by atoms with Crippen molar-refractivity contribution in [2.75, 3.05) is 7.11 Å². The van der Waals surface area contributed by atoms with Crippen LogP contribution in [-0.2, 0) is 9.53 Å². The number of phenols is 1. The zero-order valence-corrected chi connectivity index (χ0v) is 11.8. The lowest BCUT2D eigenvalue weighted by Crippen LogP contribution is -2.00. The van der Waals surface area contributed by atoms with Crippen molar-refractivity contribution in [1.29, 1.82) is 0 Å². The summed E-state index contributed by atoms with van der Waals surface area (Å²) in [6.45, 7) is 1.38. The smallest absolute Gasteiger partial charge is 0.341 e. The van der Waals surface area contributed by atoms with E-state index in [4.69, 9.17) is 9.84 Å². The van der Waals surface area contributed by atoms with Gasteiger partial charge in [0.2, 0.25) is 0 Å². The topological polar surface area (TPSA) is 72.8 Å². The third-order valence-electron chi connectivity index (χ3n) is 2.31. The summed E-state index contributed by atoms with van der Waals surface area (Å²) in [7, 11) is 1.27. The predicted molar refractivity (Wildman–Crippen MR) is 77.2 cm³/mol. The molecule has 0 atom stereocenters. The number of carbonyl (C=O) groups excluding carboxylic acids is 2. The Morgan fingerprint density at radius 1 is 0.952 bits per heavy atom. The Hall–Kier alpha value is -2.82. The van der Waals surface area contributed by atoms with Gasteiger partial charge in [0.25, 0.3) is 0 Å². The molecule has 5 nitrogen and oxygen atoms in total. The summed E-state index contributed by atoms with van der Waals surface area (Å²) in [6, 6.07) is 15.2. The average molecular weight is 288 g/mol. The molecule has 0 unspecified atom stereocenters. The van der Waals surface area contributed by atoms with Crippen LogP contribution >= 0.6 is 0 Å². The maximum absolute atomic E-state index is 10.9. The van der Waals surface area contributed by atoms with E-state index in [1.165, 1.54) is 26.2 Å². The first-order valence-corrected chi connectivity index (χ1v) is 6.14. The van der Waals surface area contributed by atoms with Crippen LogP contribution in [0.4, 0.5) is 0 Å². The van der Waals surface area contributed by atoms with Gasteiger partial charge in [-0.1, -0.05) is 30.3 Å². The summed E-state index contributed by atoms with van der Waals surface area (Å²) in [4.78, 5) is 21.2. The van der Waals surface area contributed by atoms with Crippen molar-refractivity contribution in [3.8, 4) is 11.5 Å². The maximum atomic E-state index is 10.9. The van der Waals surface area contributed by atoms with Crippen LogP contribution in [0, 0.1) is 0 Å². The van der Waals surface area contributed by atoms with Gasteiger partial charge in [-0.25, -0.2) is 4.79 Å². The van der Waals surface area contributed by atoms with E-state index in [-0.39, 0.29) is 17.3 Å². The number of esters is 2. The summed E-state index contributed by atoms with van der Waals surface area (Å²) >= 11 is 0. The number of para-hydroxylation sites is 2. The van der Waals surface area contributed by atoms with E-state index in [9.17, 15) is 9.59 Å². The molecule has 0 fully saturated rings. The van der Waals surface area contributed by atoms with E-state index in [2.05, 4.69) is 4.74 Å². The van der Waals surface area contributed by atoms with Crippen LogP contribution in [0.3, 0.4) is 0 Å². The molecule has 0 amide bonds. The van der Waals surface area contributed by atoms with Crippen molar-refractivity contribution < 1.29 is 24.2 Å². The Balaban J connectivity index is 0.000000211. The second-order valence-corrected chi connectivity index (χ2v) is 3.92. The van der Waals surface area contributed by atoms with Crippen molar-refractivity contribution in [2.45, 2.75) is 6.92 Å². The van der Waals surface area contributed by atoms with Crippen LogP contribution in [0.25, 0.3) is 0 Å². The molecule has 21 heavy (non-hydrogen) atoms. The van der Waals surface area contributed by atoms with Crippen LogP contribution in [0.5, 0.6) is 11.5 Å². The molecule has 1 N–H and O–H groups in total. The molecule has 0 spiro atoms. The molecule has 0 saturated carbocycles. The van der Waals surface area contributed by atoms with Crippen LogP contribution < -0.4 is 4.74 Å². The quantitative estimate of drug-likeness (QED) is 0.679. The molecule has 5 heteroatoms. The predicted octanol–water partition coefficient (Wildman–Crippen LogP) is 2.79. The molecule has 0 aromatic heterocycles. The van der Waals surface area contributed by atoms with Crippen molar-refractivity contribution >= 4 is 11.9 Å². The molecule has 2 aromatic rings. The SMILES string of the molecule is CC(=O)Oc1ccccc1.COC(=O)c1ccccc1O. The fraction of sp³-hybridized carbons (Fsp3) is 0.125. The molecule has 0 aliphatic heterocycles. The highest BCUT2D eigenvalue weighted by Gasteiger charge is 2.08. The number of methoxy groups -OCH3 is 1. The van der Waals surface area contributed by atoms with Gasteiger partial charge in [-0.15, -0.1) is 0 Å². The molecule has 0 saturated heterocycles. The van der Waals surface area contributed by atoms with Crippen molar-refractivity contribution in [1.82, 2.24) is 0 Å². The van der Waals surface area contributed by atoms with E-state index < -0.39 is 5.97 Å². The van der Waals surface area contributed by atoms with Gasteiger partial charge in [0.15, 0.2) is 0 Å². The average Bonchev–Trinajstić information content (AvgIpc) is 2.48. The van der Waals surface area contributed by atoms with Gasteiger partial charge in [-0.05, 0) is 24.3 Å². The lowest BCUT2D eigenvalue weighted by atomic mass is 10.2. The molecule has 2 rings (SSSR count). The van der Waals surface area contributed by atoms with Crippen molar-refractivity contribution in [3.63, 3.8) is 0 Å². The molecule has 0 aliphatic rings. The Labute approximate surface area is 122 Å². The number of phenolic OH excluding ortho intramolecular Hbond substituents is 1. The number of ether oxygens (including phenoxy) is 2. The van der Waals surface area contributed by atoms with Gasteiger partial charge in [-0.2, -0.15) is 0 Å². The molecule has 110 valence electrons. The minimum absolute atomic E-state index is 0.0562. The highest BCUT2D eigenvalue weighted by Crippen LogP contribution is 2.15. The zero-order valence-electron chi connectivity index (χ0n) is 11.8. The lowest BCUT2D eigenvalue weighted by molar-refractivity contribution is -0.131. The van der Waals surface area contributed by atoms with Gasteiger partial charge < -0.3 is 14.6 Å². The van der Waals surface area contributed by atoms with E-state index in [0.717, 1.165) is 0 Å². The van der Waals surface area contributed by atoms with E-state index in [1.54, 1.807) is 24.3 Å². The van der Waals surface area contributed by atoms with E-state index in [1.807, 2.05) is 18.2 Å². The van der Waals surface area contributed by atoms with Gasteiger partial charge >= 0.3 is 11.9 Å². The molecule has 0 heterocycles. The van der Waals surface area contributed by atoms with Crippen molar-refractivity contribution in [2.24, 2.45) is 0 Å². The summed E-state index contributed by atoms with van der Waals surface area (Å²) in [5.41, 5.74) is 0.190. The van der Waals surface area contributed by atoms with Gasteiger partial charge in [0.05, 0.1) is 7.11 Å². The minimum atomic E-state index is -0.525. The Bertz CT molecular complexity index is 593. The van der Waals surface area contributed by atoms with E-state index in [0.29, 0.717) is 5.75 Å². The molecule has 0 aliphatic carbocycles. The van der Waals surface area contributed by atoms with Gasteiger partial charge in [-0.3, -0.25) is 4.79 Å². The summed E-state index contributed by atoms with van der Waals surface area (Å²) in [5.74, 6) is -0.274. The fourth-order valence-corrected chi connectivity index (χ4v) is 1.41. The first-order chi connectivity index (χ1) is 10.0. The second kappa shape index (κ2) is 8.37. The number of aromatic hydroxyl groups is 1. The number of rotatable bonds is 2. The first-order valence-electron chi connectivity index (χ1n) is 6.14. The fourth-order valence-electron chi connectivity index (χ4n) is 1.41. The van der Waals surface area contributed by atoms with Crippen molar-refractivity contribution in [3.05, 3.63) is 60.2 Å². The van der Waals surface area contributed by atoms with Crippen LogP contribution in [0.15, 0.2) is 54.6 Å². The number of benzene rings is 2. The molecular weight excluding hydrogens is 272 g/mol.